The van der Waals surface area contributed by atoms with E-state index in [1.54, 1.807) is 0 Å². The van der Waals surface area contributed by atoms with Crippen molar-refractivity contribution >= 4 is 5.69 Å². The smallest absolute Gasteiger partial charge is 0.124 e. The maximum Gasteiger partial charge on any atom is 0.124 e. The Morgan fingerprint density at radius 2 is 2.00 bits per heavy atom. The van der Waals surface area contributed by atoms with Crippen molar-refractivity contribution in [3.63, 3.8) is 0 Å². The minimum absolute atomic E-state index is 0. The lowest BCUT2D eigenvalue weighted by atomic mass is 10.2. The van der Waals surface area contributed by atoms with Crippen LogP contribution < -0.4 is 10.5 Å². The van der Waals surface area contributed by atoms with E-state index in [2.05, 4.69) is 6.92 Å². The molecule has 0 bridgehead atoms. The van der Waals surface area contributed by atoms with Crippen molar-refractivity contribution in [3.05, 3.63) is 23.8 Å². The highest BCUT2D eigenvalue weighted by Gasteiger charge is 1.98. The lowest BCUT2D eigenvalue weighted by Crippen LogP contribution is -1.97. The molecule has 1 aromatic carbocycles. The molecular weight excluding hydrogens is 174 g/mol. The minimum atomic E-state index is 0. The summed E-state index contributed by atoms with van der Waals surface area (Å²) in [6, 6.07) is 5.72. The summed E-state index contributed by atoms with van der Waals surface area (Å²) in [5, 5.41) is 0. The Hall–Kier alpha value is -1.18. The first-order chi connectivity index (χ1) is 6.74. The molecule has 1 rings (SSSR count). The van der Waals surface area contributed by atoms with Crippen molar-refractivity contribution in [2.75, 3.05) is 12.3 Å². The van der Waals surface area contributed by atoms with E-state index in [9.17, 15) is 0 Å². The normalized spacial score (nSPS) is 8.86. The number of aryl methyl sites for hydroxylation is 1. The molecule has 2 heteroatoms. The zero-order valence-corrected chi connectivity index (χ0v) is 9.63. The fourth-order valence-electron chi connectivity index (χ4n) is 0.984. The van der Waals surface area contributed by atoms with Crippen LogP contribution in [0.5, 0.6) is 5.75 Å². The van der Waals surface area contributed by atoms with Gasteiger partial charge in [-0.2, -0.15) is 0 Å². The summed E-state index contributed by atoms with van der Waals surface area (Å²) in [5.41, 5.74) is 7.51. The quantitative estimate of drug-likeness (QED) is 0.751. The van der Waals surface area contributed by atoms with Crippen molar-refractivity contribution < 1.29 is 6.16 Å². The van der Waals surface area contributed by atoms with Gasteiger partial charge in [-0.25, -0.2) is 0 Å². The molecule has 0 saturated heterocycles. The fraction of sp³-hybridized carbons (Fsp3) is 0.500. The molecule has 2 nitrogen and oxygen atoms in total. The van der Waals surface area contributed by atoms with Gasteiger partial charge in [-0.1, -0.05) is 26.8 Å². The number of ether oxygens (including phenoxy) is 1. The first kappa shape index (κ1) is 12.8. The molecular formula is C12H23NO. The van der Waals surface area contributed by atoms with Gasteiger partial charge in [0.15, 0.2) is 0 Å². The number of nitrogen functional groups attached to an aromatic ring is 1. The molecule has 0 aliphatic heterocycles. The highest BCUT2D eigenvalue weighted by Crippen LogP contribution is 2.20. The van der Waals surface area contributed by atoms with Crippen LogP contribution in [0.15, 0.2) is 18.2 Å². The molecule has 0 saturated carbocycles. The van der Waals surface area contributed by atoms with Crippen LogP contribution >= 0.6 is 0 Å². The Balaban J connectivity index is 0. The van der Waals surface area contributed by atoms with Crippen LogP contribution in [-0.4, -0.2) is 6.61 Å². The summed E-state index contributed by atoms with van der Waals surface area (Å²) in [5.74, 6) is 0.900. The Morgan fingerprint density at radius 1 is 1.36 bits per heavy atom. The Morgan fingerprint density at radius 3 is 2.57 bits per heavy atom. The summed E-state index contributed by atoms with van der Waals surface area (Å²) < 4.78 is 5.49. The van der Waals surface area contributed by atoms with Gasteiger partial charge < -0.3 is 10.5 Å². The fourth-order valence-corrected chi connectivity index (χ4v) is 0.984. The standard InChI is InChI=1S/C10H15NO.C2H6.H2/c1-3-6-12-10-7-9(11)5-4-8(10)2;1-2;/h4-5,7H,3,6,11H2,1-2H3;1-2H3;1H. The van der Waals surface area contributed by atoms with Crippen molar-refractivity contribution in [2.24, 2.45) is 0 Å². The van der Waals surface area contributed by atoms with Crippen LogP contribution in [0, 0.1) is 6.92 Å². The van der Waals surface area contributed by atoms with Gasteiger partial charge in [0.25, 0.3) is 0 Å². The number of hydrogen-bond donors (Lipinski definition) is 1. The van der Waals surface area contributed by atoms with Gasteiger partial charge in [-0.05, 0) is 25.0 Å². The van der Waals surface area contributed by atoms with E-state index in [4.69, 9.17) is 10.5 Å². The van der Waals surface area contributed by atoms with Gasteiger partial charge in [-0.3, -0.25) is 0 Å². The van der Waals surface area contributed by atoms with E-state index >= 15 is 0 Å². The third-order valence-corrected chi connectivity index (χ3v) is 1.67. The van der Waals surface area contributed by atoms with Gasteiger partial charge in [-0.15, -0.1) is 0 Å². The summed E-state index contributed by atoms with van der Waals surface area (Å²) in [6.07, 6.45) is 1.02. The van der Waals surface area contributed by atoms with E-state index in [1.807, 2.05) is 39.0 Å². The van der Waals surface area contributed by atoms with Crippen molar-refractivity contribution in [2.45, 2.75) is 34.1 Å². The molecule has 0 heterocycles. The van der Waals surface area contributed by atoms with Crippen LogP contribution in [0.3, 0.4) is 0 Å². The lowest BCUT2D eigenvalue weighted by molar-refractivity contribution is 0.315. The number of benzene rings is 1. The molecule has 82 valence electrons. The maximum absolute atomic E-state index is 5.62. The van der Waals surface area contributed by atoms with E-state index in [1.165, 1.54) is 0 Å². The topological polar surface area (TPSA) is 35.2 Å². The van der Waals surface area contributed by atoms with Crippen molar-refractivity contribution in [1.82, 2.24) is 0 Å². The molecule has 0 aliphatic rings. The summed E-state index contributed by atoms with van der Waals surface area (Å²) in [7, 11) is 0. The number of nitrogens with two attached hydrogens (primary N) is 1. The average molecular weight is 197 g/mol. The van der Waals surface area contributed by atoms with E-state index in [-0.39, 0.29) is 1.43 Å². The molecule has 0 aromatic heterocycles. The van der Waals surface area contributed by atoms with Gasteiger partial charge >= 0.3 is 0 Å². The second-order valence-electron chi connectivity index (χ2n) is 2.87. The maximum atomic E-state index is 5.62. The molecule has 0 fully saturated rings. The highest BCUT2D eigenvalue weighted by atomic mass is 16.5. The van der Waals surface area contributed by atoms with Crippen LogP contribution in [0.25, 0.3) is 0 Å². The number of hydrogen-bond acceptors (Lipinski definition) is 2. The predicted molar refractivity (Wildman–Crippen MR) is 64.8 cm³/mol. The third kappa shape index (κ3) is 4.17. The number of anilines is 1. The molecule has 0 spiro atoms. The van der Waals surface area contributed by atoms with Gasteiger partial charge in [0.1, 0.15) is 5.75 Å². The third-order valence-electron chi connectivity index (χ3n) is 1.67. The van der Waals surface area contributed by atoms with Crippen LogP contribution in [-0.2, 0) is 0 Å². The molecule has 0 unspecified atom stereocenters. The van der Waals surface area contributed by atoms with Gasteiger partial charge in [0.05, 0.1) is 6.61 Å². The predicted octanol–water partition coefficient (Wildman–Crippen LogP) is 3.64. The highest BCUT2D eigenvalue weighted by molar-refractivity contribution is 5.47. The molecule has 0 atom stereocenters. The molecule has 0 radical (unpaired) electrons. The van der Waals surface area contributed by atoms with Crippen LogP contribution in [0.1, 0.15) is 34.2 Å². The zero-order chi connectivity index (χ0) is 11.0. The lowest BCUT2D eigenvalue weighted by Gasteiger charge is -2.07. The molecule has 0 aliphatic carbocycles. The first-order valence-corrected chi connectivity index (χ1v) is 5.23. The molecule has 1 aromatic rings. The second kappa shape index (κ2) is 7.25. The minimum Gasteiger partial charge on any atom is -0.493 e. The largest absolute Gasteiger partial charge is 0.493 e. The van der Waals surface area contributed by atoms with E-state index < -0.39 is 0 Å². The summed E-state index contributed by atoms with van der Waals surface area (Å²) in [4.78, 5) is 0. The van der Waals surface area contributed by atoms with Crippen molar-refractivity contribution in [3.8, 4) is 5.75 Å². The summed E-state index contributed by atoms with van der Waals surface area (Å²) >= 11 is 0. The van der Waals surface area contributed by atoms with E-state index in [0.29, 0.717) is 0 Å². The zero-order valence-electron chi connectivity index (χ0n) is 9.63. The van der Waals surface area contributed by atoms with Crippen LogP contribution in [0.4, 0.5) is 5.69 Å². The van der Waals surface area contributed by atoms with Gasteiger partial charge in [0.2, 0.25) is 0 Å². The number of rotatable bonds is 3. The molecule has 2 N–H and O–H groups in total. The van der Waals surface area contributed by atoms with Gasteiger partial charge in [0, 0.05) is 13.2 Å². The summed E-state index contributed by atoms with van der Waals surface area (Å²) in [6.45, 7) is 8.86. The van der Waals surface area contributed by atoms with Crippen LogP contribution in [0.2, 0.25) is 0 Å². The van der Waals surface area contributed by atoms with E-state index in [0.717, 1.165) is 30.0 Å². The monoisotopic (exact) mass is 197 g/mol. The first-order valence-electron chi connectivity index (χ1n) is 5.23. The molecule has 14 heavy (non-hydrogen) atoms. The Labute approximate surface area is 88.6 Å². The Bertz CT molecular complexity index is 264. The average Bonchev–Trinajstić information content (AvgIpc) is 2.22. The second-order valence-corrected chi connectivity index (χ2v) is 2.87. The Kier molecular flexibility index (Phi) is 6.63. The SMILES string of the molecule is CC.CCCOc1cc(N)ccc1C.[HH]. The van der Waals surface area contributed by atoms with Crippen molar-refractivity contribution in [1.29, 1.82) is 0 Å². The molecule has 0 amide bonds.